The molecule has 1 amide bonds. The van der Waals surface area contributed by atoms with E-state index in [0.717, 1.165) is 38.8 Å². The molecule has 0 aromatic heterocycles. The third kappa shape index (κ3) is 3.21. The Bertz CT molecular complexity index is 354. The summed E-state index contributed by atoms with van der Waals surface area (Å²) < 4.78 is 0. The Morgan fingerprint density at radius 2 is 2.06 bits per heavy atom. The molecule has 1 heterocycles. The number of nitriles is 1. The van der Waals surface area contributed by atoms with Gasteiger partial charge in [0.15, 0.2) is 0 Å². The van der Waals surface area contributed by atoms with E-state index in [0.29, 0.717) is 12.5 Å². The van der Waals surface area contributed by atoms with Crippen LogP contribution in [0.4, 0.5) is 0 Å². The minimum absolute atomic E-state index is 0.0812. The lowest BCUT2D eigenvalue weighted by Gasteiger charge is -2.30. The maximum absolute atomic E-state index is 11.9. The molecule has 1 saturated heterocycles. The number of rotatable bonds is 4. The minimum atomic E-state index is -0.702. The smallest absolute Gasteiger partial charge is 0.235 e. The number of amides is 1. The van der Waals surface area contributed by atoms with Crippen LogP contribution in [0.1, 0.15) is 32.6 Å². The first kappa shape index (κ1) is 13.3. The summed E-state index contributed by atoms with van der Waals surface area (Å²) in [5.74, 6) is 0.233. The van der Waals surface area contributed by atoms with Crippen molar-refractivity contribution in [3.63, 3.8) is 0 Å². The Labute approximate surface area is 108 Å². The number of piperidine rings is 1. The first-order valence-corrected chi connectivity index (χ1v) is 6.66. The van der Waals surface area contributed by atoms with E-state index in [1.54, 1.807) is 0 Å². The molecule has 2 rings (SSSR count). The first-order chi connectivity index (χ1) is 8.53. The van der Waals surface area contributed by atoms with Crippen molar-refractivity contribution in [2.24, 2.45) is 5.92 Å². The van der Waals surface area contributed by atoms with E-state index in [-0.39, 0.29) is 12.0 Å². The third-order valence-electron chi connectivity index (χ3n) is 3.95. The highest BCUT2D eigenvalue weighted by molar-refractivity contribution is 5.79. The van der Waals surface area contributed by atoms with Gasteiger partial charge >= 0.3 is 0 Å². The number of carbonyl (C=O) groups excluding carboxylic acids is 1. The van der Waals surface area contributed by atoms with Crippen LogP contribution in [0.2, 0.25) is 0 Å². The van der Waals surface area contributed by atoms with Gasteiger partial charge in [0.25, 0.3) is 0 Å². The SMILES string of the molecule is CC(C#N)(NC(=O)CN1CCC(O)CC1)C1CC1. The zero-order valence-electron chi connectivity index (χ0n) is 10.9. The van der Waals surface area contributed by atoms with Crippen molar-refractivity contribution >= 4 is 5.91 Å². The molecule has 2 fully saturated rings. The normalized spacial score (nSPS) is 25.2. The van der Waals surface area contributed by atoms with E-state index in [2.05, 4.69) is 11.4 Å². The van der Waals surface area contributed by atoms with Crippen LogP contribution in [0.25, 0.3) is 0 Å². The van der Waals surface area contributed by atoms with Crippen LogP contribution in [0.15, 0.2) is 0 Å². The lowest BCUT2D eigenvalue weighted by molar-refractivity contribution is -0.124. The van der Waals surface area contributed by atoms with Crippen LogP contribution in [0.5, 0.6) is 0 Å². The maximum atomic E-state index is 11.9. The van der Waals surface area contributed by atoms with E-state index >= 15 is 0 Å². The van der Waals surface area contributed by atoms with Crippen LogP contribution < -0.4 is 5.32 Å². The Morgan fingerprint density at radius 3 is 2.56 bits per heavy atom. The Morgan fingerprint density at radius 1 is 1.44 bits per heavy atom. The predicted molar refractivity (Wildman–Crippen MR) is 66.6 cm³/mol. The van der Waals surface area contributed by atoms with E-state index in [4.69, 9.17) is 0 Å². The van der Waals surface area contributed by atoms with Crippen molar-refractivity contribution in [3.05, 3.63) is 0 Å². The molecule has 2 aliphatic rings. The second-order valence-corrected chi connectivity index (χ2v) is 5.64. The zero-order chi connectivity index (χ0) is 13.2. The van der Waals surface area contributed by atoms with E-state index in [1.807, 2.05) is 11.8 Å². The van der Waals surface area contributed by atoms with Crippen molar-refractivity contribution < 1.29 is 9.90 Å². The highest BCUT2D eigenvalue weighted by atomic mass is 16.3. The number of aliphatic hydroxyl groups excluding tert-OH is 1. The molecule has 2 N–H and O–H groups in total. The summed E-state index contributed by atoms with van der Waals surface area (Å²) in [6.07, 6.45) is 3.29. The maximum Gasteiger partial charge on any atom is 0.235 e. The summed E-state index contributed by atoms with van der Waals surface area (Å²) in [7, 11) is 0. The van der Waals surface area contributed by atoms with Gasteiger partial charge in [-0.2, -0.15) is 5.26 Å². The molecule has 0 aromatic rings. The molecule has 100 valence electrons. The average molecular weight is 251 g/mol. The molecule has 1 aliphatic carbocycles. The van der Waals surface area contributed by atoms with Crippen LogP contribution in [0, 0.1) is 17.2 Å². The zero-order valence-corrected chi connectivity index (χ0v) is 10.9. The summed E-state index contributed by atoms with van der Waals surface area (Å²) in [5.41, 5.74) is -0.702. The molecule has 0 spiro atoms. The molecule has 18 heavy (non-hydrogen) atoms. The number of nitrogens with one attached hydrogen (secondary N) is 1. The molecule has 1 unspecified atom stereocenters. The van der Waals surface area contributed by atoms with Crippen molar-refractivity contribution in [1.82, 2.24) is 10.2 Å². The fraction of sp³-hybridized carbons (Fsp3) is 0.846. The fourth-order valence-corrected chi connectivity index (χ4v) is 2.49. The van der Waals surface area contributed by atoms with Gasteiger partial charge in [-0.25, -0.2) is 0 Å². The van der Waals surface area contributed by atoms with Crippen LogP contribution in [-0.2, 0) is 4.79 Å². The lowest BCUT2D eigenvalue weighted by atomic mass is 9.98. The third-order valence-corrected chi connectivity index (χ3v) is 3.95. The van der Waals surface area contributed by atoms with Gasteiger partial charge in [0, 0.05) is 13.1 Å². The van der Waals surface area contributed by atoms with Crippen LogP contribution in [-0.4, -0.2) is 47.2 Å². The summed E-state index contributed by atoms with van der Waals surface area (Å²) in [4.78, 5) is 14.0. The highest BCUT2D eigenvalue weighted by Gasteiger charge is 2.43. The molecular formula is C13H21N3O2. The Hall–Kier alpha value is -1.12. The number of carbonyl (C=O) groups is 1. The topological polar surface area (TPSA) is 76.4 Å². The van der Waals surface area contributed by atoms with Gasteiger partial charge < -0.3 is 10.4 Å². The largest absolute Gasteiger partial charge is 0.393 e. The van der Waals surface area contributed by atoms with Gasteiger partial charge in [0.1, 0.15) is 5.54 Å². The fourth-order valence-electron chi connectivity index (χ4n) is 2.49. The quantitative estimate of drug-likeness (QED) is 0.751. The molecule has 1 atom stereocenters. The second kappa shape index (κ2) is 5.25. The summed E-state index contributed by atoms with van der Waals surface area (Å²) in [6.45, 7) is 3.64. The number of likely N-dealkylation sites (tertiary alicyclic amines) is 1. The van der Waals surface area contributed by atoms with Gasteiger partial charge in [-0.05, 0) is 38.5 Å². The minimum Gasteiger partial charge on any atom is -0.393 e. The second-order valence-electron chi connectivity index (χ2n) is 5.64. The molecule has 0 radical (unpaired) electrons. The molecule has 0 aromatic carbocycles. The monoisotopic (exact) mass is 251 g/mol. The molecule has 1 saturated carbocycles. The van der Waals surface area contributed by atoms with Crippen molar-refractivity contribution in [1.29, 1.82) is 5.26 Å². The summed E-state index contributed by atoms with van der Waals surface area (Å²) in [6, 6.07) is 2.23. The Balaban J connectivity index is 1.80. The number of hydrogen-bond acceptors (Lipinski definition) is 4. The van der Waals surface area contributed by atoms with Gasteiger partial charge in [-0.1, -0.05) is 0 Å². The predicted octanol–water partition coefficient (Wildman–Crippen LogP) is 0.252. The summed E-state index contributed by atoms with van der Waals surface area (Å²) >= 11 is 0. The molecule has 5 nitrogen and oxygen atoms in total. The molecular weight excluding hydrogens is 230 g/mol. The number of nitrogens with zero attached hydrogens (tertiary/aromatic N) is 2. The van der Waals surface area contributed by atoms with E-state index in [9.17, 15) is 15.2 Å². The standard InChI is InChI=1S/C13H21N3O2/c1-13(9-14,10-2-3-10)15-12(18)8-16-6-4-11(17)5-7-16/h10-11,17H,2-8H2,1H3,(H,15,18). The highest BCUT2D eigenvalue weighted by Crippen LogP contribution is 2.39. The average Bonchev–Trinajstić information content (AvgIpc) is 3.16. The van der Waals surface area contributed by atoms with Gasteiger partial charge in [-0.15, -0.1) is 0 Å². The van der Waals surface area contributed by atoms with Crippen LogP contribution >= 0.6 is 0 Å². The molecule has 1 aliphatic heterocycles. The van der Waals surface area contributed by atoms with Gasteiger partial charge in [-0.3, -0.25) is 9.69 Å². The van der Waals surface area contributed by atoms with Crippen molar-refractivity contribution in [2.75, 3.05) is 19.6 Å². The van der Waals surface area contributed by atoms with Gasteiger partial charge in [0.2, 0.25) is 5.91 Å². The van der Waals surface area contributed by atoms with E-state index in [1.165, 1.54) is 0 Å². The Kier molecular flexibility index (Phi) is 3.88. The molecule has 0 bridgehead atoms. The van der Waals surface area contributed by atoms with Crippen LogP contribution in [0.3, 0.4) is 0 Å². The number of aliphatic hydroxyl groups is 1. The van der Waals surface area contributed by atoms with Crippen molar-refractivity contribution in [3.8, 4) is 6.07 Å². The first-order valence-electron chi connectivity index (χ1n) is 6.66. The summed E-state index contributed by atoms with van der Waals surface area (Å²) in [5, 5.41) is 21.4. The van der Waals surface area contributed by atoms with Gasteiger partial charge in [0.05, 0.1) is 18.7 Å². The number of hydrogen-bond donors (Lipinski definition) is 2. The van der Waals surface area contributed by atoms with Crippen molar-refractivity contribution in [2.45, 2.75) is 44.2 Å². The van der Waals surface area contributed by atoms with E-state index < -0.39 is 5.54 Å². The lowest BCUT2D eigenvalue weighted by Crippen LogP contribution is -2.51. The molecule has 5 heteroatoms.